The molecule has 0 amide bonds. The first-order valence-electron chi connectivity index (χ1n) is 4.72. The van der Waals surface area contributed by atoms with Gasteiger partial charge in [0.1, 0.15) is 0 Å². The predicted molar refractivity (Wildman–Crippen MR) is 61.6 cm³/mol. The van der Waals surface area contributed by atoms with Crippen molar-refractivity contribution in [2.45, 2.75) is 0 Å². The second-order valence-electron chi connectivity index (χ2n) is 4.22. The molecule has 0 bridgehead atoms. The van der Waals surface area contributed by atoms with E-state index in [0.717, 1.165) is 0 Å². The average molecular weight is 236 g/mol. The molecular formula is C10H24ClN4+. The van der Waals surface area contributed by atoms with Crippen LogP contribution in [0.3, 0.4) is 0 Å². The maximum absolute atomic E-state index is 2.12. The summed E-state index contributed by atoms with van der Waals surface area (Å²) >= 11 is 0. The number of hydrogen-bond acceptors (Lipinski definition) is 0. The Morgan fingerprint density at radius 1 is 0.667 bits per heavy atom. The highest BCUT2D eigenvalue weighted by atomic mass is 35.5. The van der Waals surface area contributed by atoms with E-state index < -0.39 is 0 Å². The van der Waals surface area contributed by atoms with Gasteiger partial charge in [-0.1, -0.05) is 0 Å². The number of likely N-dealkylation sites (N-methyl/N-ethyl adjacent to an activating group) is 2. The van der Waals surface area contributed by atoms with E-state index in [4.69, 9.17) is 0 Å². The molecule has 0 fully saturated rings. The van der Waals surface area contributed by atoms with Crippen LogP contribution in [0.5, 0.6) is 0 Å². The molecule has 0 aromatic rings. The van der Waals surface area contributed by atoms with Crippen LogP contribution < -0.4 is 12.4 Å². The first kappa shape index (κ1) is 16.7. The normalized spacial score (nSPS) is 8.80. The van der Waals surface area contributed by atoms with E-state index in [1.807, 2.05) is 0 Å². The van der Waals surface area contributed by atoms with Gasteiger partial charge in [-0.2, -0.15) is 0 Å². The molecule has 15 heavy (non-hydrogen) atoms. The van der Waals surface area contributed by atoms with Gasteiger partial charge < -0.3 is 12.4 Å². The molecule has 0 N–H and O–H groups in total. The van der Waals surface area contributed by atoms with Gasteiger partial charge in [-0.15, -0.1) is 0 Å². The fraction of sp³-hybridized carbons (Fsp3) is 0.800. The van der Waals surface area contributed by atoms with E-state index in [0.29, 0.717) is 0 Å². The lowest BCUT2D eigenvalue weighted by atomic mass is 10.4. The Bertz CT molecular complexity index is 231. The maximum atomic E-state index is 2.12. The van der Waals surface area contributed by atoms with Crippen LogP contribution >= 0.6 is 0 Å². The fourth-order valence-electron chi connectivity index (χ4n) is 1.60. The summed E-state index contributed by atoms with van der Waals surface area (Å²) in [5.74, 6) is 2.39. The molecule has 5 heteroatoms. The van der Waals surface area contributed by atoms with Crippen LogP contribution in [0, 0.1) is 0 Å². The predicted octanol–water partition coefficient (Wildman–Crippen LogP) is -3.55. The molecule has 0 aliphatic carbocycles. The van der Waals surface area contributed by atoms with Crippen LogP contribution in [-0.2, 0) is 0 Å². The third kappa shape index (κ3) is 4.51. The van der Waals surface area contributed by atoms with E-state index in [1.165, 1.54) is 11.7 Å². The van der Waals surface area contributed by atoms with Crippen molar-refractivity contribution in [1.82, 2.24) is 9.80 Å². The monoisotopic (exact) mass is 235 g/mol. The van der Waals surface area contributed by atoms with Crippen molar-refractivity contribution in [2.75, 3.05) is 56.4 Å². The fourth-order valence-corrected chi connectivity index (χ4v) is 1.60. The molecule has 0 spiro atoms. The molecule has 0 aliphatic rings. The lowest BCUT2D eigenvalue weighted by molar-refractivity contribution is -0.485. The molecule has 0 aromatic heterocycles. The highest BCUT2D eigenvalue weighted by Crippen LogP contribution is 1.91. The zero-order chi connectivity index (χ0) is 11.5. The molecule has 0 saturated heterocycles. The summed E-state index contributed by atoms with van der Waals surface area (Å²) in [6.07, 6.45) is 0. The number of rotatable bonds is 0. The van der Waals surface area contributed by atoms with Gasteiger partial charge in [-0.25, -0.2) is 0 Å². The Kier molecular flexibility index (Phi) is 7.40. The zero-order valence-electron chi connectivity index (χ0n) is 11.2. The van der Waals surface area contributed by atoms with Crippen molar-refractivity contribution in [3.63, 3.8) is 0 Å². The Balaban J connectivity index is 0. The van der Waals surface area contributed by atoms with Crippen molar-refractivity contribution in [2.24, 2.45) is 0 Å². The van der Waals surface area contributed by atoms with E-state index in [2.05, 4.69) is 75.3 Å². The van der Waals surface area contributed by atoms with E-state index >= 15 is 0 Å². The zero-order valence-corrected chi connectivity index (χ0v) is 11.9. The summed E-state index contributed by atoms with van der Waals surface area (Å²) < 4.78 is 4.24. The molecular weight excluding hydrogens is 212 g/mol. The van der Waals surface area contributed by atoms with Crippen LogP contribution in [0.25, 0.3) is 0 Å². The summed E-state index contributed by atoms with van der Waals surface area (Å²) in [5.41, 5.74) is 0. The van der Waals surface area contributed by atoms with Gasteiger partial charge in [-0.3, -0.25) is 19.0 Å². The second kappa shape index (κ2) is 6.67. The van der Waals surface area contributed by atoms with Crippen molar-refractivity contribution >= 4 is 11.7 Å². The molecule has 0 rings (SSSR count). The van der Waals surface area contributed by atoms with Crippen LogP contribution in [0.15, 0.2) is 0 Å². The lowest BCUT2D eigenvalue weighted by Crippen LogP contribution is -3.00. The van der Waals surface area contributed by atoms with Crippen molar-refractivity contribution in [3.8, 4) is 0 Å². The number of amidine groups is 2. The van der Waals surface area contributed by atoms with Crippen molar-refractivity contribution in [1.29, 1.82) is 0 Å². The van der Waals surface area contributed by atoms with E-state index in [9.17, 15) is 0 Å². The number of nitrogens with zero attached hydrogens (tertiary/aromatic N) is 4. The van der Waals surface area contributed by atoms with Gasteiger partial charge in [0.2, 0.25) is 0 Å². The standard InChI is InChI=1S/C10H24N4.ClH/c1-11(2)9(12(3)4)10(13(5)6)14(7)8;/h1-8H3;1H/q+2;/p-1. The minimum atomic E-state index is 0. The average Bonchev–Trinajstić information content (AvgIpc) is 1.96. The summed E-state index contributed by atoms with van der Waals surface area (Å²) in [6.45, 7) is 0. The van der Waals surface area contributed by atoms with Crippen LogP contribution in [0.4, 0.5) is 0 Å². The summed E-state index contributed by atoms with van der Waals surface area (Å²) in [4.78, 5) is 4.24. The van der Waals surface area contributed by atoms with Crippen LogP contribution in [-0.4, -0.2) is 87.0 Å². The molecule has 90 valence electrons. The molecule has 0 radical (unpaired) electrons. The molecule has 0 atom stereocenters. The maximum Gasteiger partial charge on any atom is 0.361 e. The largest absolute Gasteiger partial charge is 1.00 e. The van der Waals surface area contributed by atoms with E-state index in [1.54, 1.807) is 0 Å². The third-order valence-electron chi connectivity index (χ3n) is 1.89. The summed E-state index contributed by atoms with van der Waals surface area (Å²) in [7, 11) is 16.5. The SMILES string of the molecule is CN(C)C(C(N(C)C)=[N+](C)C)=[N+](C)C.[Cl-]. The van der Waals surface area contributed by atoms with Gasteiger partial charge in [-0.05, 0) is 0 Å². The van der Waals surface area contributed by atoms with Gasteiger partial charge in [0.05, 0.1) is 56.4 Å². The van der Waals surface area contributed by atoms with E-state index in [-0.39, 0.29) is 12.4 Å². The Hall–Kier alpha value is -0.770. The minimum absolute atomic E-state index is 0. The lowest BCUT2D eigenvalue weighted by Gasteiger charge is -2.15. The molecule has 0 aliphatic heterocycles. The molecule has 0 saturated carbocycles. The quantitative estimate of drug-likeness (QED) is 0.245. The molecule has 0 aromatic carbocycles. The highest BCUT2D eigenvalue weighted by Gasteiger charge is 2.29. The smallest absolute Gasteiger partial charge is 0.361 e. The Morgan fingerprint density at radius 2 is 0.867 bits per heavy atom. The Labute approximate surface area is 99.9 Å². The van der Waals surface area contributed by atoms with Gasteiger partial charge in [0.15, 0.2) is 0 Å². The number of halogens is 1. The van der Waals surface area contributed by atoms with Gasteiger partial charge >= 0.3 is 11.7 Å². The Morgan fingerprint density at radius 3 is 0.933 bits per heavy atom. The van der Waals surface area contributed by atoms with Gasteiger partial charge in [0, 0.05) is 0 Å². The summed E-state index contributed by atoms with van der Waals surface area (Å²) in [6, 6.07) is 0. The van der Waals surface area contributed by atoms with Crippen LogP contribution in [0.2, 0.25) is 0 Å². The first-order valence-corrected chi connectivity index (χ1v) is 4.72. The molecule has 0 unspecified atom stereocenters. The third-order valence-corrected chi connectivity index (χ3v) is 1.89. The first-order chi connectivity index (χ1) is 6.29. The topological polar surface area (TPSA) is 12.5 Å². The van der Waals surface area contributed by atoms with Crippen molar-refractivity contribution in [3.05, 3.63) is 0 Å². The molecule has 4 nitrogen and oxygen atoms in total. The number of hydrogen-bond donors (Lipinski definition) is 0. The summed E-state index contributed by atoms with van der Waals surface area (Å²) in [5, 5.41) is 0. The minimum Gasteiger partial charge on any atom is -1.00 e. The molecule has 0 heterocycles. The van der Waals surface area contributed by atoms with Gasteiger partial charge in [0.25, 0.3) is 0 Å². The van der Waals surface area contributed by atoms with Crippen LogP contribution in [0.1, 0.15) is 0 Å². The van der Waals surface area contributed by atoms with Crippen molar-refractivity contribution < 1.29 is 21.6 Å². The highest BCUT2D eigenvalue weighted by molar-refractivity contribution is 6.35. The second-order valence-corrected chi connectivity index (χ2v) is 4.22.